The minimum Gasteiger partial charge on any atom is -0.350 e. The summed E-state index contributed by atoms with van der Waals surface area (Å²) in [4.78, 5) is 24.6. The summed E-state index contributed by atoms with van der Waals surface area (Å²) in [5, 5.41) is 2.89. The Kier molecular flexibility index (Phi) is 6.49. The van der Waals surface area contributed by atoms with E-state index >= 15 is 0 Å². The topological polar surface area (TPSA) is 75.4 Å². The van der Waals surface area contributed by atoms with Crippen LogP contribution in [0.25, 0.3) is 0 Å². The van der Waals surface area contributed by atoms with Gasteiger partial charge in [-0.1, -0.05) is 13.8 Å². The van der Waals surface area contributed by atoms with Gasteiger partial charge in [-0.2, -0.15) is 0 Å². The fourth-order valence-electron chi connectivity index (χ4n) is 1.73. The minimum atomic E-state index is -0.470. The molecule has 1 rings (SSSR count). The molecule has 0 aromatic rings. The molecule has 3 N–H and O–H groups in total. The highest BCUT2D eigenvalue weighted by molar-refractivity contribution is 5.85. The van der Waals surface area contributed by atoms with E-state index < -0.39 is 6.04 Å². The second-order valence-corrected chi connectivity index (χ2v) is 4.79. The van der Waals surface area contributed by atoms with Crippen LogP contribution in [0.4, 0.5) is 0 Å². The number of nitrogens with two attached hydrogens (primary N) is 1. The Morgan fingerprint density at radius 3 is 2.59 bits per heavy atom. The molecular formula is C11H22ClN3O2. The van der Waals surface area contributed by atoms with Gasteiger partial charge in [-0.3, -0.25) is 9.59 Å². The Morgan fingerprint density at radius 2 is 2.12 bits per heavy atom. The molecule has 0 saturated carbocycles. The lowest BCUT2D eigenvalue weighted by Gasteiger charge is -2.31. The first kappa shape index (κ1) is 16.2. The number of likely N-dealkylation sites (tertiary alicyclic amines) is 1. The van der Waals surface area contributed by atoms with Gasteiger partial charge in [0.15, 0.2) is 0 Å². The normalized spacial score (nSPS) is 22.1. The van der Waals surface area contributed by atoms with Crippen molar-refractivity contribution >= 4 is 24.2 Å². The molecule has 0 aromatic heterocycles. The quantitative estimate of drug-likeness (QED) is 0.760. The summed E-state index contributed by atoms with van der Waals surface area (Å²) in [6, 6.07) is -0.428. The van der Waals surface area contributed by atoms with Crippen LogP contribution >= 0.6 is 12.4 Å². The number of hydrogen-bond donors (Lipinski definition) is 2. The average Bonchev–Trinajstić information content (AvgIpc) is 2.22. The zero-order valence-electron chi connectivity index (χ0n) is 10.6. The highest BCUT2D eigenvalue weighted by Gasteiger charge is 2.26. The molecule has 17 heavy (non-hydrogen) atoms. The Labute approximate surface area is 109 Å². The molecule has 0 aromatic carbocycles. The van der Waals surface area contributed by atoms with E-state index in [1.165, 1.54) is 0 Å². The highest BCUT2D eigenvalue weighted by atomic mass is 35.5. The van der Waals surface area contributed by atoms with Gasteiger partial charge in [0.1, 0.15) is 0 Å². The van der Waals surface area contributed by atoms with E-state index in [4.69, 9.17) is 5.73 Å². The minimum absolute atomic E-state index is 0. The van der Waals surface area contributed by atoms with Crippen LogP contribution in [0, 0.1) is 5.92 Å². The van der Waals surface area contributed by atoms with Gasteiger partial charge < -0.3 is 16.0 Å². The Hall–Kier alpha value is -0.810. The second-order valence-electron chi connectivity index (χ2n) is 4.79. The molecular weight excluding hydrogens is 242 g/mol. The van der Waals surface area contributed by atoms with Crippen molar-refractivity contribution in [2.45, 2.75) is 38.8 Å². The molecule has 6 heteroatoms. The van der Waals surface area contributed by atoms with E-state index in [-0.39, 0.29) is 36.2 Å². The molecule has 1 fully saturated rings. The Balaban J connectivity index is 0.00000256. The third kappa shape index (κ3) is 4.52. The predicted octanol–water partition coefficient (Wildman–Crippen LogP) is 0.128. The summed E-state index contributed by atoms with van der Waals surface area (Å²) in [5.74, 6) is 0.143. The van der Waals surface area contributed by atoms with Gasteiger partial charge in [-0.05, 0) is 12.3 Å². The average molecular weight is 264 g/mol. The van der Waals surface area contributed by atoms with Gasteiger partial charge in [0.05, 0.1) is 6.04 Å². The van der Waals surface area contributed by atoms with Crippen LogP contribution in [-0.2, 0) is 9.59 Å². The first-order valence-electron chi connectivity index (χ1n) is 5.71. The summed E-state index contributed by atoms with van der Waals surface area (Å²) in [7, 11) is 1.75. The van der Waals surface area contributed by atoms with Crippen LogP contribution in [0.5, 0.6) is 0 Å². The number of nitrogens with zero attached hydrogens (tertiary/aromatic N) is 1. The van der Waals surface area contributed by atoms with E-state index in [9.17, 15) is 9.59 Å². The van der Waals surface area contributed by atoms with Crippen molar-refractivity contribution in [3.63, 3.8) is 0 Å². The van der Waals surface area contributed by atoms with Crippen molar-refractivity contribution in [2.75, 3.05) is 13.6 Å². The lowest BCUT2D eigenvalue weighted by Crippen LogP contribution is -2.53. The molecule has 100 valence electrons. The molecule has 1 aliphatic rings. The third-order valence-corrected chi connectivity index (χ3v) is 2.99. The zero-order chi connectivity index (χ0) is 12.3. The molecule has 2 atom stereocenters. The van der Waals surface area contributed by atoms with Crippen molar-refractivity contribution < 1.29 is 9.59 Å². The standard InChI is InChI=1S/C11H21N3O2.ClH/c1-7(2)10(12)11(16)13-8-4-5-9(15)14(3)6-8;/h7-8,10H,4-6,12H2,1-3H3,(H,13,16);1H/t8?,10-;/m0./s1. The van der Waals surface area contributed by atoms with Crippen LogP contribution in [0.3, 0.4) is 0 Å². The van der Waals surface area contributed by atoms with Gasteiger partial charge in [0, 0.05) is 26.1 Å². The molecule has 1 unspecified atom stereocenters. The van der Waals surface area contributed by atoms with Crippen molar-refractivity contribution in [3.05, 3.63) is 0 Å². The fourth-order valence-corrected chi connectivity index (χ4v) is 1.73. The number of carbonyl (C=O) groups excluding carboxylic acids is 2. The maximum Gasteiger partial charge on any atom is 0.237 e. The smallest absolute Gasteiger partial charge is 0.237 e. The summed E-state index contributed by atoms with van der Waals surface area (Å²) in [6.07, 6.45) is 1.21. The predicted molar refractivity (Wildman–Crippen MR) is 68.9 cm³/mol. The van der Waals surface area contributed by atoms with Crippen LogP contribution in [0.1, 0.15) is 26.7 Å². The van der Waals surface area contributed by atoms with E-state index in [2.05, 4.69) is 5.32 Å². The van der Waals surface area contributed by atoms with E-state index in [1.807, 2.05) is 13.8 Å². The van der Waals surface area contributed by atoms with E-state index in [1.54, 1.807) is 11.9 Å². The van der Waals surface area contributed by atoms with E-state index in [0.717, 1.165) is 0 Å². The number of piperidine rings is 1. The molecule has 5 nitrogen and oxygen atoms in total. The molecule has 0 radical (unpaired) electrons. The molecule has 2 amide bonds. The molecule has 1 aliphatic heterocycles. The third-order valence-electron chi connectivity index (χ3n) is 2.99. The van der Waals surface area contributed by atoms with Crippen LogP contribution in [0.15, 0.2) is 0 Å². The number of carbonyl (C=O) groups is 2. The summed E-state index contributed by atoms with van der Waals surface area (Å²) in [6.45, 7) is 4.41. The zero-order valence-corrected chi connectivity index (χ0v) is 11.4. The van der Waals surface area contributed by atoms with Gasteiger partial charge >= 0.3 is 0 Å². The number of amides is 2. The molecule has 1 saturated heterocycles. The first-order chi connectivity index (χ1) is 7.41. The van der Waals surface area contributed by atoms with E-state index in [0.29, 0.717) is 19.4 Å². The SMILES string of the molecule is CC(C)[C@H](N)C(=O)NC1CCC(=O)N(C)C1.Cl. The van der Waals surface area contributed by atoms with Crippen molar-refractivity contribution in [3.8, 4) is 0 Å². The monoisotopic (exact) mass is 263 g/mol. The van der Waals surface area contributed by atoms with Gasteiger partial charge in [-0.15, -0.1) is 12.4 Å². The van der Waals surface area contributed by atoms with Crippen LogP contribution in [0.2, 0.25) is 0 Å². The lowest BCUT2D eigenvalue weighted by molar-refractivity contribution is -0.134. The number of halogens is 1. The second kappa shape index (κ2) is 6.81. The molecule has 1 heterocycles. The first-order valence-corrected chi connectivity index (χ1v) is 5.71. The summed E-state index contributed by atoms with van der Waals surface area (Å²) >= 11 is 0. The maximum atomic E-state index is 11.7. The van der Waals surface area contributed by atoms with Crippen LogP contribution < -0.4 is 11.1 Å². The number of hydrogen-bond acceptors (Lipinski definition) is 3. The van der Waals surface area contributed by atoms with Crippen molar-refractivity contribution in [2.24, 2.45) is 11.7 Å². The highest BCUT2D eigenvalue weighted by Crippen LogP contribution is 2.10. The van der Waals surface area contributed by atoms with Gasteiger partial charge in [0.25, 0.3) is 0 Å². The van der Waals surface area contributed by atoms with Crippen molar-refractivity contribution in [1.29, 1.82) is 0 Å². The molecule has 0 spiro atoms. The Bertz CT molecular complexity index is 284. The number of likely N-dealkylation sites (N-methyl/N-ethyl adjacent to an activating group) is 1. The maximum absolute atomic E-state index is 11.7. The fraction of sp³-hybridized carbons (Fsp3) is 0.818. The Morgan fingerprint density at radius 1 is 1.53 bits per heavy atom. The number of nitrogens with one attached hydrogen (secondary N) is 1. The van der Waals surface area contributed by atoms with Crippen molar-refractivity contribution in [1.82, 2.24) is 10.2 Å². The molecule has 0 bridgehead atoms. The van der Waals surface area contributed by atoms with Gasteiger partial charge in [-0.25, -0.2) is 0 Å². The van der Waals surface area contributed by atoms with Gasteiger partial charge in [0.2, 0.25) is 11.8 Å². The largest absolute Gasteiger partial charge is 0.350 e. The molecule has 0 aliphatic carbocycles. The van der Waals surface area contributed by atoms with Crippen LogP contribution in [-0.4, -0.2) is 42.4 Å². The number of rotatable bonds is 3. The lowest BCUT2D eigenvalue weighted by atomic mass is 10.0. The summed E-state index contributed by atoms with van der Waals surface area (Å²) < 4.78 is 0. The summed E-state index contributed by atoms with van der Waals surface area (Å²) in [5.41, 5.74) is 5.75.